The Kier molecular flexibility index (Phi) is 5.06. The summed E-state index contributed by atoms with van der Waals surface area (Å²) in [5, 5.41) is 0. The largest absolute Gasteiger partial charge is 0.580 e. The average Bonchev–Trinajstić information content (AvgIpc) is 2.28. The molecule has 4 nitrogen and oxygen atoms in total. The second kappa shape index (κ2) is 6.09. The van der Waals surface area contributed by atoms with Gasteiger partial charge >= 0.3 is 17.9 Å². The highest BCUT2D eigenvalue weighted by Crippen LogP contribution is 2.31. The van der Waals surface area contributed by atoms with E-state index in [1.165, 1.54) is 0 Å². The summed E-state index contributed by atoms with van der Waals surface area (Å²) in [5.74, 6) is 0.604. The summed E-state index contributed by atoms with van der Waals surface area (Å²) in [7, 11) is -5.37. The molecule has 3 unspecified atom stereocenters. The van der Waals surface area contributed by atoms with Gasteiger partial charge in [-0.2, -0.15) is 4.21 Å². The second-order valence-electron chi connectivity index (χ2n) is 3.37. The first-order valence-electron chi connectivity index (χ1n) is 4.89. The number of hydrogen-bond acceptors (Lipinski definition) is 4. The van der Waals surface area contributed by atoms with Crippen LogP contribution in [0.3, 0.4) is 0 Å². The molecule has 1 aromatic rings. The van der Waals surface area contributed by atoms with Crippen LogP contribution in [0.4, 0.5) is 0 Å². The van der Waals surface area contributed by atoms with E-state index in [1.54, 1.807) is 12.1 Å². The lowest BCUT2D eigenvalue weighted by Gasteiger charge is -2.12. The van der Waals surface area contributed by atoms with Crippen LogP contribution in [-0.4, -0.2) is 4.21 Å². The molecule has 1 aromatic carbocycles. The van der Waals surface area contributed by atoms with Crippen molar-refractivity contribution in [3.8, 4) is 5.75 Å². The Balaban J connectivity index is 2.95. The minimum atomic E-state index is -3.07. The van der Waals surface area contributed by atoms with Crippen LogP contribution in [-0.2, 0) is 15.3 Å². The molecule has 0 aromatic heterocycles. The maximum atomic E-state index is 11.1. The molecule has 0 spiro atoms. The van der Waals surface area contributed by atoms with Crippen LogP contribution in [0.5, 0.6) is 5.75 Å². The maximum absolute atomic E-state index is 11.1. The first kappa shape index (κ1) is 13.3. The second-order valence-corrected chi connectivity index (χ2v) is 6.21. The van der Waals surface area contributed by atoms with Crippen LogP contribution in [0, 0.1) is 0 Å². The Morgan fingerprint density at radius 3 is 2.69 bits per heavy atom. The monoisotopic (exact) mass is 260 g/mol. The van der Waals surface area contributed by atoms with Gasteiger partial charge < -0.3 is 9.08 Å². The van der Waals surface area contributed by atoms with Gasteiger partial charge in [0, 0.05) is 0 Å². The summed E-state index contributed by atoms with van der Waals surface area (Å²) in [6.07, 6.45) is 0.899. The van der Waals surface area contributed by atoms with Gasteiger partial charge in [0.05, 0.1) is 0 Å². The molecular weight excluding hydrogens is 247 g/mol. The Bertz CT molecular complexity index is 408. The third kappa shape index (κ3) is 3.37. The summed E-state index contributed by atoms with van der Waals surface area (Å²) < 4.78 is 26.4. The minimum absolute atomic E-state index is 0.234. The lowest BCUT2D eigenvalue weighted by atomic mass is 9.98. The van der Waals surface area contributed by atoms with Crippen LogP contribution in [0.2, 0.25) is 0 Å². The molecule has 1 rings (SSSR count). The molecule has 3 atom stereocenters. The zero-order valence-electron chi connectivity index (χ0n) is 9.08. The molecule has 0 bridgehead atoms. The zero-order chi connectivity index (χ0) is 12.1. The maximum Gasteiger partial charge on any atom is 0.459 e. The van der Waals surface area contributed by atoms with Crippen molar-refractivity contribution in [1.29, 1.82) is 0 Å². The topological polar surface area (TPSA) is 66.4 Å². The van der Waals surface area contributed by atoms with Gasteiger partial charge in [0.2, 0.25) is 0 Å². The number of hydrogen-bond donors (Lipinski definition) is 0. The smallest absolute Gasteiger partial charge is 0.459 e. The molecule has 16 heavy (non-hydrogen) atoms. The van der Waals surface area contributed by atoms with E-state index in [0.29, 0.717) is 5.75 Å². The molecule has 6 heteroatoms. The first-order chi connectivity index (χ1) is 7.56. The van der Waals surface area contributed by atoms with Crippen molar-refractivity contribution < 1.29 is 17.9 Å². The summed E-state index contributed by atoms with van der Waals surface area (Å²) in [4.78, 5) is 10.5. The third-order valence-electron chi connectivity index (χ3n) is 2.35. The molecule has 0 heterocycles. The third-order valence-corrected chi connectivity index (χ3v) is 3.86. The number of benzene rings is 1. The molecule has 0 fully saturated rings. The van der Waals surface area contributed by atoms with Crippen molar-refractivity contribution in [1.82, 2.24) is 0 Å². The highest BCUT2D eigenvalue weighted by Gasteiger charge is 2.20. The van der Waals surface area contributed by atoms with E-state index in [0.717, 1.165) is 12.0 Å². The van der Waals surface area contributed by atoms with E-state index in [4.69, 9.17) is 4.18 Å². The fourth-order valence-electron chi connectivity index (χ4n) is 1.29. The molecule has 0 aliphatic heterocycles. The van der Waals surface area contributed by atoms with Crippen LogP contribution < -0.4 is 9.08 Å². The number of para-hydroxylation sites is 1. The Hall–Kier alpha value is -0.770. The molecule has 88 valence electrons. The molecular formula is C10H13O4PS. The fraction of sp³-hybridized carbons (Fsp3) is 0.400. The minimum Gasteiger partial charge on any atom is -0.580 e. The Morgan fingerprint density at radius 2 is 2.12 bits per heavy atom. The van der Waals surface area contributed by atoms with Gasteiger partial charge in [0.15, 0.2) is 0 Å². The zero-order valence-corrected chi connectivity index (χ0v) is 10.8. The van der Waals surface area contributed by atoms with Crippen molar-refractivity contribution in [3.63, 3.8) is 0 Å². The van der Waals surface area contributed by atoms with E-state index in [2.05, 4.69) is 0 Å². The SMILES string of the molecule is CCC(C)c1ccccc1OS(=O)[P+](=O)[O-]. The average molecular weight is 260 g/mol. The van der Waals surface area contributed by atoms with Crippen LogP contribution >= 0.6 is 7.23 Å². The van der Waals surface area contributed by atoms with Crippen LogP contribution in [0.1, 0.15) is 31.7 Å². The summed E-state index contributed by atoms with van der Waals surface area (Å²) in [5.41, 5.74) is 0.871. The molecule has 0 aliphatic carbocycles. The first-order valence-corrected chi connectivity index (χ1v) is 7.75. The van der Waals surface area contributed by atoms with E-state index >= 15 is 0 Å². The molecule has 0 N–H and O–H groups in total. The highest BCUT2D eigenvalue weighted by atomic mass is 32.7. The molecule has 0 radical (unpaired) electrons. The number of rotatable bonds is 5. The molecule has 0 amide bonds. The predicted molar refractivity (Wildman–Crippen MR) is 61.5 cm³/mol. The normalized spacial score (nSPS) is 15.3. The van der Waals surface area contributed by atoms with Crippen LogP contribution in [0.25, 0.3) is 0 Å². The van der Waals surface area contributed by atoms with E-state index in [1.807, 2.05) is 26.0 Å². The lowest BCUT2D eigenvalue weighted by molar-refractivity contribution is -0.158. The van der Waals surface area contributed by atoms with Crippen molar-refractivity contribution >= 4 is 17.9 Å². The lowest BCUT2D eigenvalue weighted by Crippen LogP contribution is -2.04. The van der Waals surface area contributed by atoms with Crippen molar-refractivity contribution in [2.24, 2.45) is 0 Å². The Morgan fingerprint density at radius 1 is 1.50 bits per heavy atom. The van der Waals surface area contributed by atoms with Gasteiger partial charge in [-0.05, 0) is 24.0 Å². The molecule has 0 saturated carbocycles. The van der Waals surface area contributed by atoms with E-state index in [9.17, 15) is 13.7 Å². The van der Waals surface area contributed by atoms with E-state index in [-0.39, 0.29) is 5.92 Å². The molecule has 0 saturated heterocycles. The van der Waals surface area contributed by atoms with Gasteiger partial charge in [-0.15, -0.1) is 0 Å². The summed E-state index contributed by atoms with van der Waals surface area (Å²) >= 11 is 0. The summed E-state index contributed by atoms with van der Waals surface area (Å²) in [6, 6.07) is 7.03. The van der Waals surface area contributed by atoms with Gasteiger partial charge in [-0.25, -0.2) is 0 Å². The molecule has 0 aliphatic rings. The predicted octanol–water partition coefficient (Wildman–Crippen LogP) is 2.26. The van der Waals surface area contributed by atoms with Gasteiger partial charge in [0.1, 0.15) is 5.75 Å². The van der Waals surface area contributed by atoms with E-state index < -0.39 is 17.9 Å². The Labute approximate surface area is 97.9 Å². The quantitative estimate of drug-likeness (QED) is 0.761. The van der Waals surface area contributed by atoms with Gasteiger partial charge in [-0.3, -0.25) is 0 Å². The van der Waals surface area contributed by atoms with Crippen molar-refractivity contribution in [2.45, 2.75) is 26.2 Å². The fourth-order valence-corrected chi connectivity index (χ4v) is 2.08. The van der Waals surface area contributed by atoms with Gasteiger partial charge in [0.25, 0.3) is 0 Å². The van der Waals surface area contributed by atoms with Crippen molar-refractivity contribution in [3.05, 3.63) is 29.8 Å². The highest BCUT2D eigenvalue weighted by molar-refractivity contribution is 8.37. The van der Waals surface area contributed by atoms with Gasteiger partial charge in [-0.1, -0.05) is 36.6 Å². The van der Waals surface area contributed by atoms with Crippen LogP contribution in [0.15, 0.2) is 24.3 Å². The summed E-state index contributed by atoms with van der Waals surface area (Å²) in [6.45, 7) is 4.02. The van der Waals surface area contributed by atoms with Crippen molar-refractivity contribution in [2.75, 3.05) is 0 Å². The standard InChI is InChI=1S/C10H13O4PS/c1-3-8(2)9-6-4-5-7-10(9)14-16(13)15(11)12/h4-8H,3H2,1-2H3.